The molecular weight excluding hydrogens is 309 g/mol. The average Bonchev–Trinajstić information content (AvgIpc) is 2.96. The van der Waals surface area contributed by atoms with Gasteiger partial charge in [-0.15, -0.1) is 11.3 Å². The Morgan fingerprint density at radius 2 is 2.05 bits per heavy atom. The lowest BCUT2D eigenvalue weighted by Crippen LogP contribution is -1.98. The van der Waals surface area contributed by atoms with Gasteiger partial charge in [0.05, 0.1) is 15.5 Å². The minimum absolute atomic E-state index is 0.299. The summed E-state index contributed by atoms with van der Waals surface area (Å²) in [5.74, 6) is -0.0116. The van der Waals surface area contributed by atoms with E-state index in [4.69, 9.17) is 17.3 Å². The van der Waals surface area contributed by atoms with Crippen LogP contribution in [0.25, 0.3) is 21.7 Å². The van der Waals surface area contributed by atoms with Crippen molar-refractivity contribution >= 4 is 28.8 Å². The fraction of sp³-hybridized carbons (Fsp3) is 0.133. The highest BCUT2D eigenvalue weighted by Crippen LogP contribution is 2.42. The quantitative estimate of drug-likeness (QED) is 0.755. The van der Waals surface area contributed by atoms with Crippen LogP contribution >= 0.6 is 22.9 Å². The summed E-state index contributed by atoms with van der Waals surface area (Å²) in [5.41, 5.74) is 8.69. The van der Waals surface area contributed by atoms with Gasteiger partial charge in [-0.1, -0.05) is 17.7 Å². The second-order valence-electron chi connectivity index (χ2n) is 4.76. The highest BCUT2D eigenvalue weighted by Gasteiger charge is 2.23. The molecule has 0 unspecified atom stereocenters. The third-order valence-electron chi connectivity index (χ3n) is 3.38. The van der Waals surface area contributed by atoms with Crippen molar-refractivity contribution in [1.29, 1.82) is 0 Å². The molecule has 3 aromatic rings. The molecule has 0 saturated carbocycles. The van der Waals surface area contributed by atoms with E-state index in [2.05, 4.69) is 5.10 Å². The van der Waals surface area contributed by atoms with E-state index in [9.17, 15) is 4.39 Å². The molecule has 0 aliphatic heterocycles. The molecule has 0 radical (unpaired) electrons. The minimum atomic E-state index is -0.405. The predicted octanol–water partition coefficient (Wildman–Crippen LogP) is 4.50. The highest BCUT2D eigenvalue weighted by molar-refractivity contribution is 7.13. The van der Waals surface area contributed by atoms with Crippen LogP contribution in [0.1, 0.15) is 5.56 Å². The maximum atomic E-state index is 14.3. The van der Waals surface area contributed by atoms with Gasteiger partial charge in [0.15, 0.2) is 0 Å². The van der Waals surface area contributed by atoms with Crippen LogP contribution in [-0.2, 0) is 7.05 Å². The number of thiophene rings is 1. The number of aromatic nitrogens is 2. The van der Waals surface area contributed by atoms with Gasteiger partial charge in [0.25, 0.3) is 0 Å². The number of hydrogen-bond donors (Lipinski definition) is 1. The van der Waals surface area contributed by atoms with Crippen LogP contribution in [0.2, 0.25) is 5.02 Å². The van der Waals surface area contributed by atoms with Gasteiger partial charge in [0, 0.05) is 12.6 Å². The van der Waals surface area contributed by atoms with E-state index in [0.717, 1.165) is 10.4 Å². The summed E-state index contributed by atoms with van der Waals surface area (Å²) in [6.45, 7) is 1.99. The van der Waals surface area contributed by atoms with Crippen molar-refractivity contribution in [2.24, 2.45) is 7.05 Å². The number of hydrogen-bond acceptors (Lipinski definition) is 3. The highest BCUT2D eigenvalue weighted by atomic mass is 35.5. The van der Waals surface area contributed by atoms with Crippen molar-refractivity contribution in [3.05, 3.63) is 46.0 Å². The summed E-state index contributed by atoms with van der Waals surface area (Å²) >= 11 is 7.74. The number of aryl methyl sites for hydroxylation is 2. The lowest BCUT2D eigenvalue weighted by atomic mass is 10.0. The third-order valence-corrected chi connectivity index (χ3v) is 4.72. The lowest BCUT2D eigenvalue weighted by molar-refractivity contribution is 0.631. The summed E-state index contributed by atoms with van der Waals surface area (Å²) in [6.07, 6.45) is 0. The molecule has 21 heavy (non-hydrogen) atoms. The zero-order valence-electron chi connectivity index (χ0n) is 11.5. The van der Waals surface area contributed by atoms with E-state index in [1.54, 1.807) is 35.2 Å². The number of rotatable bonds is 2. The van der Waals surface area contributed by atoms with Crippen LogP contribution in [0.5, 0.6) is 0 Å². The summed E-state index contributed by atoms with van der Waals surface area (Å²) < 4.78 is 15.8. The zero-order valence-corrected chi connectivity index (χ0v) is 13.1. The Balaban J connectivity index is 2.36. The first kappa shape index (κ1) is 14.1. The van der Waals surface area contributed by atoms with Crippen molar-refractivity contribution in [1.82, 2.24) is 9.78 Å². The van der Waals surface area contributed by atoms with E-state index >= 15 is 0 Å². The van der Waals surface area contributed by atoms with E-state index < -0.39 is 5.82 Å². The summed E-state index contributed by atoms with van der Waals surface area (Å²) in [5, 5.41) is 6.75. The van der Waals surface area contributed by atoms with Gasteiger partial charge >= 0.3 is 0 Å². The second-order valence-corrected chi connectivity index (χ2v) is 6.09. The van der Waals surface area contributed by atoms with E-state index in [1.165, 1.54) is 6.07 Å². The largest absolute Gasteiger partial charge is 0.383 e. The molecule has 0 amide bonds. The molecular formula is C15H13ClFN3S. The third kappa shape index (κ3) is 2.22. The normalized spacial score (nSPS) is 11.0. The number of anilines is 1. The molecule has 0 aliphatic rings. The van der Waals surface area contributed by atoms with Crippen molar-refractivity contribution < 1.29 is 4.39 Å². The Morgan fingerprint density at radius 1 is 1.29 bits per heavy atom. The summed E-state index contributed by atoms with van der Waals surface area (Å²) in [7, 11) is 1.74. The van der Waals surface area contributed by atoms with Gasteiger partial charge in [-0.3, -0.25) is 4.68 Å². The van der Waals surface area contributed by atoms with Crippen LogP contribution in [0.4, 0.5) is 10.2 Å². The Morgan fingerprint density at radius 3 is 2.67 bits per heavy atom. The molecule has 0 saturated heterocycles. The van der Waals surface area contributed by atoms with Gasteiger partial charge in [0.1, 0.15) is 17.3 Å². The summed E-state index contributed by atoms with van der Waals surface area (Å²) in [6, 6.07) is 6.59. The number of nitrogen functional groups attached to an aromatic ring is 1. The van der Waals surface area contributed by atoms with Crippen LogP contribution in [0.3, 0.4) is 0 Å². The molecule has 3 rings (SSSR count). The number of nitrogens with zero attached hydrogens (tertiary/aromatic N) is 2. The van der Waals surface area contributed by atoms with E-state index in [1.807, 2.05) is 18.4 Å². The average molecular weight is 322 g/mol. The van der Waals surface area contributed by atoms with Crippen molar-refractivity contribution in [3.63, 3.8) is 0 Å². The molecule has 3 nitrogen and oxygen atoms in total. The van der Waals surface area contributed by atoms with Crippen molar-refractivity contribution in [2.75, 3.05) is 5.73 Å². The maximum Gasteiger partial charge on any atom is 0.132 e. The Kier molecular flexibility index (Phi) is 3.47. The minimum Gasteiger partial charge on any atom is -0.383 e. The first-order valence-electron chi connectivity index (χ1n) is 6.32. The van der Waals surface area contributed by atoms with Crippen LogP contribution in [0, 0.1) is 12.7 Å². The standard InChI is InChI=1S/C15H13ClFN3S/c1-8-6-7-21-14(8)13-12(15(18)20(2)19-13)11-9(16)4-3-5-10(11)17/h3-7H,18H2,1-2H3. The smallest absolute Gasteiger partial charge is 0.132 e. The molecule has 2 aromatic heterocycles. The van der Waals surface area contributed by atoms with Gasteiger partial charge < -0.3 is 5.73 Å². The van der Waals surface area contributed by atoms with E-state index in [-0.39, 0.29) is 0 Å². The predicted molar refractivity (Wildman–Crippen MR) is 86.1 cm³/mol. The molecule has 0 bridgehead atoms. The van der Waals surface area contributed by atoms with Crippen molar-refractivity contribution in [3.8, 4) is 21.7 Å². The lowest BCUT2D eigenvalue weighted by Gasteiger charge is -2.07. The Labute approximate surface area is 130 Å². The fourth-order valence-electron chi connectivity index (χ4n) is 2.29. The Hall–Kier alpha value is -1.85. The van der Waals surface area contributed by atoms with E-state index in [0.29, 0.717) is 27.7 Å². The molecule has 1 aromatic carbocycles. The first-order chi connectivity index (χ1) is 10.0. The summed E-state index contributed by atoms with van der Waals surface area (Å²) in [4.78, 5) is 0.969. The number of benzene rings is 1. The van der Waals surface area contributed by atoms with Crippen LogP contribution in [0.15, 0.2) is 29.6 Å². The molecule has 0 atom stereocenters. The van der Waals surface area contributed by atoms with Gasteiger partial charge in [-0.05, 0) is 36.1 Å². The molecule has 2 heterocycles. The van der Waals surface area contributed by atoms with Crippen LogP contribution in [-0.4, -0.2) is 9.78 Å². The molecule has 0 spiro atoms. The molecule has 0 fully saturated rings. The fourth-order valence-corrected chi connectivity index (χ4v) is 3.47. The Bertz CT molecular complexity index is 802. The monoisotopic (exact) mass is 321 g/mol. The van der Waals surface area contributed by atoms with Gasteiger partial charge in [-0.25, -0.2) is 4.39 Å². The molecule has 2 N–H and O–H groups in total. The zero-order chi connectivity index (χ0) is 15.1. The van der Waals surface area contributed by atoms with Gasteiger partial charge in [-0.2, -0.15) is 5.10 Å². The first-order valence-corrected chi connectivity index (χ1v) is 7.57. The molecule has 0 aliphatic carbocycles. The van der Waals surface area contributed by atoms with Crippen LogP contribution < -0.4 is 5.73 Å². The van der Waals surface area contributed by atoms with Crippen molar-refractivity contribution in [2.45, 2.75) is 6.92 Å². The molecule has 6 heteroatoms. The topological polar surface area (TPSA) is 43.8 Å². The van der Waals surface area contributed by atoms with Gasteiger partial charge in [0.2, 0.25) is 0 Å². The maximum absolute atomic E-state index is 14.3. The molecule has 108 valence electrons. The number of halogens is 2. The SMILES string of the molecule is Cc1ccsc1-c1nn(C)c(N)c1-c1c(F)cccc1Cl. The number of nitrogens with two attached hydrogens (primary N) is 1. The second kappa shape index (κ2) is 5.16.